The van der Waals surface area contributed by atoms with Crippen LogP contribution in [0.2, 0.25) is 0 Å². The van der Waals surface area contributed by atoms with Crippen LogP contribution in [-0.2, 0) is 4.79 Å². The largest absolute Gasteiger partial charge is 0.483 e. The smallest absolute Gasteiger partial charge is 0.290 e. The van der Waals surface area contributed by atoms with Gasteiger partial charge in [-0.1, -0.05) is 13.8 Å². The zero-order valence-corrected chi connectivity index (χ0v) is 11.0. The van der Waals surface area contributed by atoms with E-state index in [0.717, 1.165) is 0 Å². The van der Waals surface area contributed by atoms with E-state index in [-0.39, 0.29) is 6.47 Å². The second-order valence-corrected chi connectivity index (χ2v) is 3.09. The van der Waals surface area contributed by atoms with Crippen molar-refractivity contribution in [3.63, 3.8) is 0 Å². The first-order chi connectivity index (χ1) is 8.31. The van der Waals surface area contributed by atoms with Gasteiger partial charge in [0.25, 0.3) is 6.47 Å². The van der Waals surface area contributed by atoms with Crippen molar-refractivity contribution in [2.45, 2.75) is 33.6 Å². The molecule has 0 unspecified atom stereocenters. The summed E-state index contributed by atoms with van der Waals surface area (Å²) in [5.74, 6) is 0. The summed E-state index contributed by atoms with van der Waals surface area (Å²) >= 11 is 0. The maximum absolute atomic E-state index is 8.36. The Bertz CT molecular complexity index is 229. The molecule has 0 saturated carbocycles. The van der Waals surface area contributed by atoms with Crippen LogP contribution in [0.4, 0.5) is 0 Å². The number of aryl methyl sites for hydroxylation is 1. The van der Waals surface area contributed by atoms with Gasteiger partial charge in [-0.05, 0) is 50.6 Å². The third-order valence-corrected chi connectivity index (χ3v) is 1.80. The highest BCUT2D eigenvalue weighted by Gasteiger charge is 1.93. The molecule has 4 heteroatoms. The fourth-order valence-electron chi connectivity index (χ4n) is 1.05. The number of carbonyl (C=O) groups is 1. The molecule has 0 aromatic carbocycles. The molecule has 1 aliphatic heterocycles. The zero-order chi connectivity index (χ0) is 13.4. The fourth-order valence-corrected chi connectivity index (χ4v) is 1.05. The minimum absolute atomic E-state index is 0.250. The van der Waals surface area contributed by atoms with Gasteiger partial charge < -0.3 is 10.4 Å². The van der Waals surface area contributed by atoms with Crippen LogP contribution in [0.25, 0.3) is 0 Å². The molecule has 17 heavy (non-hydrogen) atoms. The van der Waals surface area contributed by atoms with Crippen molar-refractivity contribution in [3.05, 3.63) is 30.1 Å². The van der Waals surface area contributed by atoms with Crippen LogP contribution >= 0.6 is 0 Å². The lowest BCUT2D eigenvalue weighted by Crippen LogP contribution is -2.03. The van der Waals surface area contributed by atoms with E-state index in [4.69, 9.17) is 9.90 Å². The molecule has 0 bridgehead atoms. The van der Waals surface area contributed by atoms with Gasteiger partial charge in [-0.2, -0.15) is 0 Å². The molecule has 1 saturated heterocycles. The molecule has 0 atom stereocenters. The van der Waals surface area contributed by atoms with E-state index in [0.29, 0.717) is 0 Å². The van der Waals surface area contributed by atoms with Gasteiger partial charge in [-0.3, -0.25) is 9.78 Å². The highest BCUT2D eigenvalue weighted by Crippen LogP contribution is 1.90. The molecule has 1 fully saturated rings. The van der Waals surface area contributed by atoms with E-state index in [1.165, 1.54) is 31.5 Å². The average Bonchev–Trinajstić information content (AvgIpc) is 2.92. The third-order valence-electron chi connectivity index (χ3n) is 1.80. The van der Waals surface area contributed by atoms with Gasteiger partial charge in [0.1, 0.15) is 0 Å². The molecule has 2 rings (SSSR count). The third kappa shape index (κ3) is 17.2. The second kappa shape index (κ2) is 17.0. The van der Waals surface area contributed by atoms with E-state index in [1.807, 2.05) is 32.9 Å². The summed E-state index contributed by atoms with van der Waals surface area (Å²) in [6.07, 6.45) is 6.35. The first-order valence-electron chi connectivity index (χ1n) is 5.96. The number of aromatic nitrogens is 1. The monoisotopic (exact) mass is 240 g/mol. The number of hydrogen-bond donors (Lipinski definition) is 2. The first kappa shape index (κ1) is 18.0. The number of nitrogens with one attached hydrogen (secondary N) is 1. The summed E-state index contributed by atoms with van der Waals surface area (Å²) in [4.78, 5) is 12.2. The van der Waals surface area contributed by atoms with Crippen LogP contribution in [0.3, 0.4) is 0 Å². The second-order valence-electron chi connectivity index (χ2n) is 3.09. The Morgan fingerprint density at radius 3 is 1.82 bits per heavy atom. The van der Waals surface area contributed by atoms with Gasteiger partial charge in [0.15, 0.2) is 0 Å². The molecule has 1 aliphatic rings. The Hall–Kier alpha value is -1.42. The van der Waals surface area contributed by atoms with Crippen LogP contribution in [-0.4, -0.2) is 29.7 Å². The molecule has 2 N–H and O–H groups in total. The van der Waals surface area contributed by atoms with Crippen LogP contribution in [0.5, 0.6) is 0 Å². The number of carboxylic acid groups (broad SMARTS) is 1. The van der Waals surface area contributed by atoms with E-state index in [2.05, 4.69) is 10.3 Å². The molecular weight excluding hydrogens is 216 g/mol. The van der Waals surface area contributed by atoms with Crippen molar-refractivity contribution in [1.29, 1.82) is 0 Å². The molecule has 4 nitrogen and oxygen atoms in total. The van der Waals surface area contributed by atoms with Crippen molar-refractivity contribution < 1.29 is 9.90 Å². The van der Waals surface area contributed by atoms with Crippen LogP contribution in [0, 0.1) is 6.92 Å². The van der Waals surface area contributed by atoms with Crippen LogP contribution < -0.4 is 5.32 Å². The molecule has 1 aromatic heterocycles. The standard InChI is InChI=1S/C6H7N.C4H9N.C2H6.CH2O2/c1-6-2-4-7-5-3-6;1-2-4-5-3-1;1-2;2-1-3/h2-5H,1H3;5H,1-4H2;1-2H3;1H,(H,2,3). The predicted molar refractivity (Wildman–Crippen MR) is 71.1 cm³/mol. The van der Waals surface area contributed by atoms with Crippen molar-refractivity contribution >= 4 is 6.47 Å². The molecule has 1 aromatic rings. The SMILES string of the molecule is C1CCNC1.CC.Cc1ccncc1.O=CO. The van der Waals surface area contributed by atoms with Crippen LogP contribution in [0.1, 0.15) is 32.3 Å². The summed E-state index contributed by atoms with van der Waals surface area (Å²) in [7, 11) is 0. The zero-order valence-electron chi connectivity index (χ0n) is 11.0. The predicted octanol–water partition coefficient (Wildman–Crippen LogP) is 2.49. The number of hydrogen-bond acceptors (Lipinski definition) is 3. The van der Waals surface area contributed by atoms with E-state index in [1.54, 1.807) is 12.4 Å². The highest BCUT2D eigenvalue weighted by atomic mass is 16.3. The summed E-state index contributed by atoms with van der Waals surface area (Å²) < 4.78 is 0. The van der Waals surface area contributed by atoms with Crippen molar-refractivity contribution in [2.75, 3.05) is 13.1 Å². The quantitative estimate of drug-likeness (QED) is 0.684. The summed E-state index contributed by atoms with van der Waals surface area (Å²) in [5.41, 5.74) is 1.26. The molecule has 0 radical (unpaired) electrons. The number of nitrogens with zero attached hydrogens (tertiary/aromatic N) is 1. The summed E-state index contributed by atoms with van der Waals surface area (Å²) in [6.45, 7) is 8.29. The molecule has 98 valence electrons. The van der Waals surface area contributed by atoms with Gasteiger partial charge >= 0.3 is 0 Å². The maximum Gasteiger partial charge on any atom is 0.290 e. The van der Waals surface area contributed by atoms with E-state index < -0.39 is 0 Å². The first-order valence-corrected chi connectivity index (χ1v) is 5.96. The van der Waals surface area contributed by atoms with E-state index in [9.17, 15) is 0 Å². The molecular formula is C13H24N2O2. The van der Waals surface area contributed by atoms with Crippen molar-refractivity contribution in [3.8, 4) is 0 Å². The summed E-state index contributed by atoms with van der Waals surface area (Å²) in [5, 5.41) is 10.1. The van der Waals surface area contributed by atoms with Gasteiger partial charge in [-0.15, -0.1) is 0 Å². The number of rotatable bonds is 0. The summed E-state index contributed by atoms with van der Waals surface area (Å²) in [6, 6.07) is 3.94. The molecule has 0 amide bonds. The fraction of sp³-hybridized carbons (Fsp3) is 0.538. The number of pyridine rings is 1. The van der Waals surface area contributed by atoms with Crippen molar-refractivity contribution in [2.24, 2.45) is 0 Å². The maximum atomic E-state index is 8.36. The Labute approximate surface area is 104 Å². The minimum Gasteiger partial charge on any atom is -0.483 e. The Morgan fingerprint density at radius 2 is 1.65 bits per heavy atom. The Kier molecular flexibility index (Phi) is 17.9. The lowest BCUT2D eigenvalue weighted by molar-refractivity contribution is -0.122. The topological polar surface area (TPSA) is 62.2 Å². The Balaban J connectivity index is 0. The normalized spacial score (nSPS) is 11.7. The lowest BCUT2D eigenvalue weighted by atomic mass is 10.3. The van der Waals surface area contributed by atoms with Crippen molar-refractivity contribution in [1.82, 2.24) is 10.3 Å². The average molecular weight is 240 g/mol. The van der Waals surface area contributed by atoms with Gasteiger partial charge in [0.2, 0.25) is 0 Å². The molecule has 0 spiro atoms. The lowest BCUT2D eigenvalue weighted by Gasteiger charge is -1.82. The Morgan fingerprint density at radius 1 is 1.24 bits per heavy atom. The minimum atomic E-state index is -0.250. The van der Waals surface area contributed by atoms with Gasteiger partial charge in [-0.25, -0.2) is 0 Å². The molecule has 0 aliphatic carbocycles. The van der Waals surface area contributed by atoms with Gasteiger partial charge in [0, 0.05) is 12.4 Å². The van der Waals surface area contributed by atoms with Gasteiger partial charge in [0.05, 0.1) is 0 Å². The van der Waals surface area contributed by atoms with E-state index >= 15 is 0 Å². The molecule has 2 heterocycles. The highest BCUT2D eigenvalue weighted by molar-refractivity contribution is 5.32. The van der Waals surface area contributed by atoms with Crippen LogP contribution in [0.15, 0.2) is 24.5 Å².